The Morgan fingerprint density at radius 3 is 2.12 bits per heavy atom. The Kier molecular flexibility index (Phi) is 7.32. The van der Waals surface area contributed by atoms with Gasteiger partial charge in [0.25, 0.3) is 0 Å². The van der Waals surface area contributed by atoms with Crippen molar-refractivity contribution >= 4 is 10.9 Å². The monoisotopic (exact) mass is 609 g/mol. The first-order chi connectivity index (χ1) is 14.6. The van der Waals surface area contributed by atoms with Crippen LogP contribution in [0.25, 0.3) is 22.2 Å². The molecule has 0 saturated heterocycles. The number of fused-ring (bicyclic) bond motifs is 2. The third kappa shape index (κ3) is 4.84. The number of aliphatic hydroxyl groups excluding tert-OH is 2. The molecule has 173 valence electrons. The van der Waals surface area contributed by atoms with E-state index in [0.29, 0.717) is 5.92 Å². The zero-order chi connectivity index (χ0) is 22.4. The van der Waals surface area contributed by atoms with Gasteiger partial charge in [0, 0.05) is 26.0 Å². The minimum absolute atomic E-state index is 0. The number of aromatic nitrogens is 1. The maximum atomic E-state index is 10.2. The van der Waals surface area contributed by atoms with Gasteiger partial charge in [-0.05, 0) is 59.7 Å². The molecule has 2 saturated carbocycles. The van der Waals surface area contributed by atoms with Crippen molar-refractivity contribution in [2.45, 2.75) is 59.7 Å². The molecule has 3 aromatic rings. The molecule has 1 radical (unpaired) electrons. The number of pyridine rings is 1. The van der Waals surface area contributed by atoms with Crippen LogP contribution < -0.4 is 0 Å². The van der Waals surface area contributed by atoms with Gasteiger partial charge in [-0.1, -0.05) is 51.5 Å². The number of aliphatic hydroxyl groups is 2. The molecule has 2 aromatic carbocycles. The summed E-state index contributed by atoms with van der Waals surface area (Å²) in [5.41, 5.74) is 4.29. The molecule has 2 N–H and O–H groups in total. The summed E-state index contributed by atoms with van der Waals surface area (Å²) < 4.78 is 0. The SMILES string of the molecule is CC1(C)CC2CC(C)(C)C(O)C2C1O.Cc1ccc2nc(-c3[c-]cccc3)ccc2c1.[Ir]. The number of nitrogens with zero attached hydrogens (tertiary/aromatic N) is 1. The van der Waals surface area contributed by atoms with Crippen molar-refractivity contribution in [1.82, 2.24) is 4.98 Å². The summed E-state index contributed by atoms with van der Waals surface area (Å²) in [5, 5.41) is 21.5. The van der Waals surface area contributed by atoms with E-state index in [2.05, 4.69) is 69.9 Å². The quantitative estimate of drug-likeness (QED) is 0.343. The van der Waals surface area contributed by atoms with Gasteiger partial charge in [-0.3, -0.25) is 4.98 Å². The smallest absolute Gasteiger partial charge is 0.0646 e. The number of rotatable bonds is 1. The third-order valence-corrected chi connectivity index (χ3v) is 7.28. The molecule has 4 heteroatoms. The van der Waals surface area contributed by atoms with Crippen LogP contribution in [0.2, 0.25) is 0 Å². The van der Waals surface area contributed by atoms with E-state index in [1.165, 1.54) is 10.9 Å². The molecule has 0 bridgehead atoms. The normalized spacial score (nSPS) is 27.2. The molecule has 2 atom stereocenters. The Morgan fingerprint density at radius 2 is 1.56 bits per heavy atom. The molecule has 1 aromatic heterocycles. The maximum absolute atomic E-state index is 10.2. The minimum atomic E-state index is -0.329. The molecule has 1 heterocycles. The fourth-order valence-electron chi connectivity index (χ4n) is 5.62. The van der Waals surface area contributed by atoms with E-state index in [1.54, 1.807) is 0 Å². The Balaban J connectivity index is 0.000000178. The van der Waals surface area contributed by atoms with Crippen molar-refractivity contribution in [3.05, 3.63) is 66.2 Å². The van der Waals surface area contributed by atoms with E-state index < -0.39 is 0 Å². The van der Waals surface area contributed by atoms with Gasteiger partial charge in [-0.2, -0.15) is 0 Å². The molecule has 0 amide bonds. The number of hydrogen-bond donors (Lipinski definition) is 2. The molecule has 2 fully saturated rings. The van der Waals surface area contributed by atoms with E-state index in [-0.39, 0.29) is 49.1 Å². The van der Waals surface area contributed by atoms with Gasteiger partial charge >= 0.3 is 0 Å². The predicted molar refractivity (Wildman–Crippen MR) is 127 cm³/mol. The van der Waals surface area contributed by atoms with Gasteiger partial charge in [0.05, 0.1) is 17.7 Å². The van der Waals surface area contributed by atoms with Crippen LogP contribution in [0.15, 0.2) is 54.6 Å². The van der Waals surface area contributed by atoms with Crippen molar-refractivity contribution in [3.8, 4) is 11.3 Å². The summed E-state index contributed by atoms with van der Waals surface area (Å²) in [6.07, 6.45) is 1.45. The van der Waals surface area contributed by atoms with E-state index >= 15 is 0 Å². The van der Waals surface area contributed by atoms with Crippen molar-refractivity contribution in [1.29, 1.82) is 0 Å². The molecule has 5 rings (SSSR count). The van der Waals surface area contributed by atoms with Crippen LogP contribution in [-0.2, 0) is 20.1 Å². The van der Waals surface area contributed by atoms with Gasteiger partial charge in [0.2, 0.25) is 0 Å². The second kappa shape index (κ2) is 9.35. The standard InChI is InChI=1S/C16H12N.C12H22O2.Ir/c1-12-7-9-16-14(11-12)8-10-15(17-16)13-5-3-2-4-6-13;1-11(2)5-7-6-12(3,4)10(14)8(7)9(11)13;/h2-5,7-11H,1H3;7-10,13-14H,5-6H2,1-4H3;/q-1;;. The second-order valence-electron chi connectivity index (χ2n) is 10.8. The Labute approximate surface area is 205 Å². The Hall–Kier alpha value is -1.58. The number of benzene rings is 2. The zero-order valence-corrected chi connectivity index (χ0v) is 22.0. The Morgan fingerprint density at radius 1 is 0.906 bits per heavy atom. The van der Waals surface area contributed by atoms with Gasteiger partial charge in [-0.15, -0.1) is 35.9 Å². The summed E-state index contributed by atoms with van der Waals surface area (Å²) in [6, 6.07) is 21.6. The molecular weight excluding hydrogens is 575 g/mol. The summed E-state index contributed by atoms with van der Waals surface area (Å²) in [7, 11) is 0. The van der Waals surface area contributed by atoms with Crippen LogP contribution in [0.4, 0.5) is 0 Å². The van der Waals surface area contributed by atoms with Gasteiger partial charge in [0.1, 0.15) is 0 Å². The zero-order valence-electron chi connectivity index (χ0n) is 19.6. The van der Waals surface area contributed by atoms with E-state index in [4.69, 9.17) is 0 Å². The molecule has 2 unspecified atom stereocenters. The first kappa shape index (κ1) is 25.0. The minimum Gasteiger partial charge on any atom is -0.392 e. The van der Waals surface area contributed by atoms with Crippen molar-refractivity contribution in [2.24, 2.45) is 22.7 Å². The largest absolute Gasteiger partial charge is 0.392 e. The average molecular weight is 609 g/mol. The van der Waals surface area contributed by atoms with Crippen LogP contribution in [0, 0.1) is 35.7 Å². The van der Waals surface area contributed by atoms with Crippen molar-refractivity contribution in [2.75, 3.05) is 0 Å². The van der Waals surface area contributed by atoms with Crippen LogP contribution >= 0.6 is 0 Å². The van der Waals surface area contributed by atoms with Crippen molar-refractivity contribution in [3.63, 3.8) is 0 Å². The molecule has 32 heavy (non-hydrogen) atoms. The average Bonchev–Trinajstić information content (AvgIpc) is 3.08. The van der Waals surface area contributed by atoms with Crippen molar-refractivity contribution < 1.29 is 30.3 Å². The van der Waals surface area contributed by atoms with E-state index in [0.717, 1.165) is 29.6 Å². The van der Waals surface area contributed by atoms with Crippen LogP contribution in [0.5, 0.6) is 0 Å². The fraction of sp³-hybridized carbons (Fsp3) is 0.464. The van der Waals surface area contributed by atoms with Crippen LogP contribution in [-0.4, -0.2) is 27.4 Å². The molecule has 2 aliphatic carbocycles. The second-order valence-corrected chi connectivity index (χ2v) is 10.8. The summed E-state index contributed by atoms with van der Waals surface area (Å²) >= 11 is 0. The first-order valence-corrected chi connectivity index (χ1v) is 11.3. The Bertz CT molecular complexity index is 1040. The number of aryl methyl sites for hydroxylation is 1. The number of hydrogen-bond acceptors (Lipinski definition) is 3. The van der Waals surface area contributed by atoms with E-state index in [9.17, 15) is 10.2 Å². The maximum Gasteiger partial charge on any atom is 0.0646 e. The van der Waals surface area contributed by atoms with Gasteiger partial charge in [0.15, 0.2) is 0 Å². The predicted octanol–water partition coefficient (Wildman–Crippen LogP) is 5.81. The van der Waals surface area contributed by atoms with Crippen LogP contribution in [0.1, 0.15) is 46.1 Å². The molecule has 0 aliphatic heterocycles. The fourth-order valence-corrected chi connectivity index (χ4v) is 5.62. The van der Waals surface area contributed by atoms with Gasteiger partial charge < -0.3 is 10.2 Å². The summed E-state index contributed by atoms with van der Waals surface area (Å²) in [6.45, 7) is 10.5. The van der Waals surface area contributed by atoms with Crippen LogP contribution in [0.3, 0.4) is 0 Å². The molecule has 3 nitrogen and oxygen atoms in total. The third-order valence-electron chi connectivity index (χ3n) is 7.28. The first-order valence-electron chi connectivity index (χ1n) is 11.3. The summed E-state index contributed by atoms with van der Waals surface area (Å²) in [5.74, 6) is 0.630. The van der Waals surface area contributed by atoms with Gasteiger partial charge in [-0.25, -0.2) is 0 Å². The molecule has 2 aliphatic rings. The molecule has 0 spiro atoms. The summed E-state index contributed by atoms with van der Waals surface area (Å²) in [4.78, 5) is 4.66. The topological polar surface area (TPSA) is 53.4 Å². The molecular formula is C28H34IrNO2-. The van der Waals surface area contributed by atoms with E-state index in [1.807, 2.05) is 30.3 Å².